The molecule has 0 radical (unpaired) electrons. The first-order valence-electron chi connectivity index (χ1n) is 10.0. The number of hydrogen-bond acceptors (Lipinski definition) is 8. The highest BCUT2D eigenvalue weighted by Gasteiger charge is 2.22. The van der Waals surface area contributed by atoms with Crippen molar-refractivity contribution >= 4 is 39.1 Å². The topological polar surface area (TPSA) is 145 Å². The smallest absolute Gasteiger partial charge is 0.274 e. The van der Waals surface area contributed by atoms with Crippen LogP contribution in [0.3, 0.4) is 0 Å². The van der Waals surface area contributed by atoms with Crippen LogP contribution in [0.5, 0.6) is 0 Å². The lowest BCUT2D eigenvalue weighted by Gasteiger charge is -2.20. The molecule has 0 aliphatic carbocycles. The Morgan fingerprint density at radius 3 is 2.33 bits per heavy atom. The minimum Gasteiger partial charge on any atom is -0.340 e. The lowest BCUT2D eigenvalue weighted by molar-refractivity contribution is 0.0706. The van der Waals surface area contributed by atoms with E-state index in [2.05, 4.69) is 25.3 Å². The van der Waals surface area contributed by atoms with Gasteiger partial charge >= 0.3 is 0 Å². The number of nitrogens with one attached hydrogen (secondary N) is 4. The van der Waals surface area contributed by atoms with E-state index in [4.69, 9.17) is 5.21 Å². The van der Waals surface area contributed by atoms with E-state index in [1.807, 2.05) is 6.92 Å². The van der Waals surface area contributed by atoms with Crippen molar-refractivity contribution < 1.29 is 18.4 Å². The zero-order valence-corrected chi connectivity index (χ0v) is 19.5. The van der Waals surface area contributed by atoms with Gasteiger partial charge in [0, 0.05) is 34.2 Å². The van der Waals surface area contributed by atoms with E-state index in [1.54, 1.807) is 68.8 Å². The zero-order chi connectivity index (χ0) is 24.2. The fraction of sp³-hybridized carbons (Fsp3) is 0.227. The van der Waals surface area contributed by atoms with E-state index < -0.39 is 21.5 Å². The molecule has 5 N–H and O–H groups in total. The summed E-state index contributed by atoms with van der Waals surface area (Å²) in [5.41, 5.74) is 3.22. The van der Waals surface area contributed by atoms with Crippen LogP contribution in [0.2, 0.25) is 0 Å². The molecule has 3 aromatic rings. The Kier molecular flexibility index (Phi) is 6.96. The molecule has 0 fully saturated rings. The van der Waals surface area contributed by atoms with E-state index in [-0.39, 0.29) is 4.90 Å². The number of aryl methyl sites for hydroxylation is 1. The second kappa shape index (κ2) is 9.53. The lowest BCUT2D eigenvalue weighted by Crippen LogP contribution is -2.40. The van der Waals surface area contributed by atoms with Crippen molar-refractivity contribution in [3.63, 3.8) is 0 Å². The number of carbonyl (C=O) groups excluding carboxylic acids is 1. The summed E-state index contributed by atoms with van der Waals surface area (Å²) in [6, 6.07) is 12.8. The lowest BCUT2D eigenvalue weighted by atomic mass is 10.1. The quantitative estimate of drug-likeness (QED) is 0.261. The van der Waals surface area contributed by atoms with Gasteiger partial charge in [-0.25, -0.2) is 23.6 Å². The van der Waals surface area contributed by atoms with Crippen molar-refractivity contribution in [1.82, 2.24) is 20.2 Å². The Labute approximate surface area is 192 Å². The van der Waals surface area contributed by atoms with Crippen LogP contribution in [0.15, 0.2) is 59.6 Å². The van der Waals surface area contributed by atoms with Gasteiger partial charge in [-0.15, -0.1) is 0 Å². The van der Waals surface area contributed by atoms with E-state index in [0.717, 1.165) is 5.56 Å². The molecule has 0 saturated carbocycles. The van der Waals surface area contributed by atoms with Crippen molar-refractivity contribution in [1.29, 1.82) is 0 Å². The highest BCUT2D eigenvalue weighted by molar-refractivity contribution is 7.89. The molecular formula is C22H26N6O4S. The second-order valence-corrected chi connectivity index (χ2v) is 10.1. The normalized spacial score (nSPS) is 11.7. The van der Waals surface area contributed by atoms with Gasteiger partial charge in [0.05, 0.1) is 4.90 Å². The molecule has 10 nitrogen and oxygen atoms in total. The molecule has 2 aromatic carbocycles. The van der Waals surface area contributed by atoms with Gasteiger partial charge in [0.15, 0.2) is 0 Å². The molecule has 1 heterocycles. The SMILES string of the molecule is Cc1cnc(Nc2ccc(C(=O)NO)cc2)nc1Nc1cccc(S(=O)(=O)NC(C)(C)C)c1. The van der Waals surface area contributed by atoms with Gasteiger partial charge in [-0.05, 0) is 70.2 Å². The summed E-state index contributed by atoms with van der Waals surface area (Å²) >= 11 is 0. The highest BCUT2D eigenvalue weighted by Crippen LogP contribution is 2.23. The van der Waals surface area contributed by atoms with Gasteiger partial charge in [0.2, 0.25) is 16.0 Å². The standard InChI is InChI=1S/C22H26N6O4S/c1-14-13-23-21(25-16-10-8-15(9-11-16)20(29)27-30)26-19(14)24-17-6-5-7-18(12-17)33(31,32)28-22(2,3)4/h5-13,28,30H,1-4H3,(H,27,29)(H2,23,24,25,26). The summed E-state index contributed by atoms with van der Waals surface area (Å²) < 4.78 is 27.9. The van der Waals surface area contributed by atoms with Crippen molar-refractivity contribution in [2.75, 3.05) is 10.6 Å². The van der Waals surface area contributed by atoms with Crippen LogP contribution in [-0.4, -0.2) is 35.0 Å². The van der Waals surface area contributed by atoms with Crippen molar-refractivity contribution in [2.45, 2.75) is 38.1 Å². The fourth-order valence-electron chi connectivity index (χ4n) is 2.87. The number of hydroxylamine groups is 1. The molecule has 0 spiro atoms. The molecule has 3 rings (SSSR count). The van der Waals surface area contributed by atoms with Gasteiger partial charge in [0.1, 0.15) is 5.82 Å². The Morgan fingerprint density at radius 1 is 1.00 bits per heavy atom. The Hall–Kier alpha value is -3.54. The number of aromatic nitrogens is 2. The monoisotopic (exact) mass is 470 g/mol. The molecule has 0 aliphatic rings. The summed E-state index contributed by atoms with van der Waals surface area (Å²) in [6.07, 6.45) is 1.63. The van der Waals surface area contributed by atoms with E-state index in [9.17, 15) is 13.2 Å². The molecule has 1 aromatic heterocycles. The maximum Gasteiger partial charge on any atom is 0.274 e. The summed E-state index contributed by atoms with van der Waals surface area (Å²) in [5, 5.41) is 14.9. The van der Waals surface area contributed by atoms with E-state index in [0.29, 0.717) is 28.7 Å². The molecule has 1 amide bonds. The predicted molar refractivity (Wildman–Crippen MR) is 126 cm³/mol. The highest BCUT2D eigenvalue weighted by atomic mass is 32.2. The molecule has 0 aliphatic heterocycles. The number of nitrogens with zero attached hydrogens (tertiary/aromatic N) is 2. The van der Waals surface area contributed by atoms with Gasteiger partial charge < -0.3 is 10.6 Å². The Bertz CT molecular complexity index is 1250. The van der Waals surface area contributed by atoms with Crippen LogP contribution in [0.25, 0.3) is 0 Å². The van der Waals surface area contributed by atoms with Gasteiger partial charge in [-0.3, -0.25) is 10.0 Å². The first kappa shape index (κ1) is 24.1. The number of amides is 1. The number of hydrogen-bond donors (Lipinski definition) is 5. The van der Waals surface area contributed by atoms with Crippen LogP contribution in [0.4, 0.5) is 23.1 Å². The van der Waals surface area contributed by atoms with E-state index >= 15 is 0 Å². The first-order valence-corrected chi connectivity index (χ1v) is 11.5. The summed E-state index contributed by atoms with van der Waals surface area (Å²) in [6.45, 7) is 7.16. The molecular weight excluding hydrogens is 444 g/mol. The Balaban J connectivity index is 1.80. The van der Waals surface area contributed by atoms with Crippen LogP contribution in [0.1, 0.15) is 36.7 Å². The maximum atomic E-state index is 12.6. The minimum absolute atomic E-state index is 0.138. The second-order valence-electron chi connectivity index (χ2n) is 8.38. The van der Waals surface area contributed by atoms with Gasteiger partial charge in [-0.1, -0.05) is 6.07 Å². The van der Waals surface area contributed by atoms with Crippen molar-refractivity contribution in [2.24, 2.45) is 0 Å². The number of benzene rings is 2. The van der Waals surface area contributed by atoms with E-state index in [1.165, 1.54) is 12.1 Å². The third kappa shape index (κ3) is 6.48. The van der Waals surface area contributed by atoms with Crippen LogP contribution < -0.4 is 20.8 Å². The summed E-state index contributed by atoms with van der Waals surface area (Å²) in [4.78, 5) is 20.3. The predicted octanol–water partition coefficient (Wildman–Crippen LogP) is 3.47. The molecule has 174 valence electrons. The molecule has 0 unspecified atom stereocenters. The number of carbonyl (C=O) groups is 1. The largest absolute Gasteiger partial charge is 0.340 e. The summed E-state index contributed by atoms with van der Waals surface area (Å²) in [5.74, 6) is 0.198. The number of rotatable bonds is 7. The fourth-order valence-corrected chi connectivity index (χ4v) is 4.33. The third-order valence-electron chi connectivity index (χ3n) is 4.32. The number of anilines is 4. The maximum absolute atomic E-state index is 12.6. The minimum atomic E-state index is -3.68. The van der Waals surface area contributed by atoms with Gasteiger partial charge in [0.25, 0.3) is 5.91 Å². The van der Waals surface area contributed by atoms with Crippen LogP contribution in [-0.2, 0) is 10.0 Å². The van der Waals surface area contributed by atoms with Crippen LogP contribution >= 0.6 is 0 Å². The first-order chi connectivity index (χ1) is 15.5. The van der Waals surface area contributed by atoms with Crippen LogP contribution in [0, 0.1) is 6.92 Å². The third-order valence-corrected chi connectivity index (χ3v) is 6.08. The van der Waals surface area contributed by atoms with Gasteiger partial charge in [-0.2, -0.15) is 4.98 Å². The summed E-state index contributed by atoms with van der Waals surface area (Å²) in [7, 11) is -3.68. The van der Waals surface area contributed by atoms with Crippen molar-refractivity contribution in [3.05, 3.63) is 65.9 Å². The Morgan fingerprint density at radius 2 is 1.70 bits per heavy atom. The molecule has 0 bridgehead atoms. The average molecular weight is 471 g/mol. The molecule has 0 atom stereocenters. The molecule has 33 heavy (non-hydrogen) atoms. The zero-order valence-electron chi connectivity index (χ0n) is 18.7. The number of sulfonamides is 1. The molecule has 0 saturated heterocycles. The average Bonchev–Trinajstić information content (AvgIpc) is 2.75. The molecule has 11 heteroatoms. The van der Waals surface area contributed by atoms with Crippen molar-refractivity contribution in [3.8, 4) is 0 Å².